The third kappa shape index (κ3) is 5.57. The largest absolute Gasteiger partial charge is 0.457 e. The number of nitrogens with zero attached hydrogens (tertiary/aromatic N) is 4. The Morgan fingerprint density at radius 3 is 2.54 bits per heavy atom. The number of ether oxygens (including phenoxy) is 2. The van der Waals surface area contributed by atoms with Crippen LogP contribution in [0.2, 0.25) is 0 Å². The summed E-state index contributed by atoms with van der Waals surface area (Å²) < 4.78 is 38.5. The van der Waals surface area contributed by atoms with Crippen molar-refractivity contribution in [1.82, 2.24) is 13.9 Å². The highest BCUT2D eigenvalue weighted by molar-refractivity contribution is 7.89. The van der Waals surface area contributed by atoms with E-state index in [0.29, 0.717) is 43.6 Å². The van der Waals surface area contributed by atoms with Crippen LogP contribution in [0.4, 0.5) is 0 Å². The number of aromatic nitrogens is 2. The monoisotopic (exact) mass is 496 g/mol. The van der Waals surface area contributed by atoms with Gasteiger partial charge in [0.25, 0.3) is 5.56 Å². The van der Waals surface area contributed by atoms with Crippen molar-refractivity contribution < 1.29 is 22.7 Å². The van der Waals surface area contributed by atoms with Crippen LogP contribution in [0.1, 0.15) is 17.8 Å². The van der Waals surface area contributed by atoms with Crippen molar-refractivity contribution in [2.75, 3.05) is 26.3 Å². The highest BCUT2D eigenvalue weighted by Gasteiger charge is 2.26. The molecule has 1 aliphatic heterocycles. The Morgan fingerprint density at radius 1 is 1.11 bits per heavy atom. The van der Waals surface area contributed by atoms with E-state index in [0.717, 1.165) is 5.56 Å². The number of benzene rings is 2. The molecule has 0 aliphatic carbocycles. The minimum Gasteiger partial charge on any atom is -0.457 e. The number of carbonyl (C=O) groups is 1. The first kappa shape index (κ1) is 24.5. The number of hydrogen-bond donors (Lipinski definition) is 0. The van der Waals surface area contributed by atoms with Crippen LogP contribution in [0.5, 0.6) is 0 Å². The molecule has 0 radical (unpaired) electrons. The highest BCUT2D eigenvalue weighted by atomic mass is 32.2. The number of para-hydroxylation sites is 1. The Kier molecular flexibility index (Phi) is 7.55. The van der Waals surface area contributed by atoms with Crippen LogP contribution < -0.4 is 5.56 Å². The lowest BCUT2D eigenvalue weighted by Gasteiger charge is -2.26. The molecule has 0 atom stereocenters. The number of sulfonamides is 1. The van der Waals surface area contributed by atoms with Gasteiger partial charge in [-0.1, -0.05) is 24.3 Å². The van der Waals surface area contributed by atoms with Gasteiger partial charge < -0.3 is 9.47 Å². The zero-order valence-electron chi connectivity index (χ0n) is 18.9. The standard InChI is InChI=1S/C24H24N4O6S/c25-11-12-28-22(26-21-4-2-1-3-20(21)24(28)30)17-34-23(29)10-7-18-5-8-19(9-6-18)35(31,32)27-13-15-33-16-14-27/h1-6,8-9H,7,10,12-17H2. The number of carbonyl (C=O) groups excluding carboxylic acids is 1. The number of rotatable bonds is 8. The van der Waals surface area contributed by atoms with E-state index in [1.807, 2.05) is 6.07 Å². The second-order valence-electron chi connectivity index (χ2n) is 7.92. The van der Waals surface area contributed by atoms with Gasteiger partial charge in [-0.15, -0.1) is 0 Å². The van der Waals surface area contributed by atoms with Crippen LogP contribution in [0.15, 0.2) is 58.2 Å². The van der Waals surface area contributed by atoms with Crippen molar-refractivity contribution in [3.8, 4) is 6.07 Å². The molecule has 0 amide bonds. The number of aryl methyl sites for hydroxylation is 1. The van der Waals surface area contributed by atoms with Crippen molar-refractivity contribution in [2.24, 2.45) is 0 Å². The Hall–Kier alpha value is -3.59. The molecule has 0 N–H and O–H groups in total. The van der Waals surface area contributed by atoms with Gasteiger partial charge >= 0.3 is 5.97 Å². The Labute approximate surface area is 202 Å². The second-order valence-corrected chi connectivity index (χ2v) is 9.85. The van der Waals surface area contributed by atoms with Gasteiger partial charge in [-0.25, -0.2) is 13.4 Å². The van der Waals surface area contributed by atoms with Crippen molar-refractivity contribution >= 4 is 26.9 Å². The molecule has 0 saturated carbocycles. The highest BCUT2D eigenvalue weighted by Crippen LogP contribution is 2.18. The quantitative estimate of drug-likeness (QED) is 0.430. The molecule has 0 bridgehead atoms. The Morgan fingerprint density at radius 2 is 1.83 bits per heavy atom. The normalized spacial score (nSPS) is 14.5. The van der Waals surface area contributed by atoms with E-state index in [-0.39, 0.29) is 35.9 Å². The van der Waals surface area contributed by atoms with Crippen LogP contribution >= 0.6 is 0 Å². The molecule has 11 heteroatoms. The van der Waals surface area contributed by atoms with Gasteiger partial charge in [-0.05, 0) is 36.2 Å². The summed E-state index contributed by atoms with van der Waals surface area (Å²) >= 11 is 0. The van der Waals surface area contributed by atoms with E-state index in [9.17, 15) is 18.0 Å². The van der Waals surface area contributed by atoms with Crippen LogP contribution in [0, 0.1) is 11.3 Å². The summed E-state index contributed by atoms with van der Waals surface area (Å²) in [7, 11) is -3.57. The van der Waals surface area contributed by atoms with E-state index < -0.39 is 16.0 Å². The maximum atomic E-state index is 12.7. The van der Waals surface area contributed by atoms with Crippen molar-refractivity contribution in [2.45, 2.75) is 30.9 Å². The first-order chi connectivity index (χ1) is 16.9. The van der Waals surface area contributed by atoms with Crippen LogP contribution in [0.3, 0.4) is 0 Å². The fourth-order valence-electron chi connectivity index (χ4n) is 3.79. The van der Waals surface area contributed by atoms with Crippen molar-refractivity contribution in [3.05, 3.63) is 70.3 Å². The summed E-state index contributed by atoms with van der Waals surface area (Å²) in [5.74, 6) is -0.304. The van der Waals surface area contributed by atoms with E-state index in [4.69, 9.17) is 14.7 Å². The molecule has 35 heavy (non-hydrogen) atoms. The molecule has 0 spiro atoms. The Bertz CT molecular complexity index is 1420. The summed E-state index contributed by atoms with van der Waals surface area (Å²) in [6.07, 6.45) is 0.415. The molecule has 1 aliphatic rings. The summed E-state index contributed by atoms with van der Waals surface area (Å²) in [4.78, 5) is 29.6. The van der Waals surface area contributed by atoms with Crippen molar-refractivity contribution in [3.63, 3.8) is 0 Å². The van der Waals surface area contributed by atoms with Gasteiger partial charge in [0.05, 0.1) is 35.1 Å². The zero-order chi connectivity index (χ0) is 24.8. The first-order valence-corrected chi connectivity index (χ1v) is 12.5. The fraction of sp³-hybridized carbons (Fsp3) is 0.333. The number of nitriles is 1. The number of hydrogen-bond acceptors (Lipinski definition) is 8. The maximum Gasteiger partial charge on any atom is 0.306 e. The smallest absolute Gasteiger partial charge is 0.306 e. The van der Waals surface area contributed by atoms with Crippen LogP contribution in [-0.4, -0.2) is 54.5 Å². The molecule has 1 fully saturated rings. The SMILES string of the molecule is N#CCn1c(COC(=O)CCc2ccc(S(=O)(=O)N3CCOCC3)cc2)nc2ccccc2c1=O. The number of esters is 1. The van der Waals surface area contributed by atoms with Gasteiger partial charge in [0.15, 0.2) is 5.82 Å². The van der Waals surface area contributed by atoms with Gasteiger partial charge in [-0.3, -0.25) is 14.2 Å². The number of morpholine rings is 1. The summed E-state index contributed by atoms with van der Waals surface area (Å²) in [5, 5.41) is 9.47. The molecule has 182 valence electrons. The molecule has 10 nitrogen and oxygen atoms in total. The third-order valence-corrected chi connectivity index (χ3v) is 7.59. The lowest BCUT2D eigenvalue weighted by Crippen LogP contribution is -2.40. The molecule has 3 aromatic rings. The molecule has 4 rings (SSSR count). The maximum absolute atomic E-state index is 12.7. The average Bonchev–Trinajstić information content (AvgIpc) is 2.89. The lowest BCUT2D eigenvalue weighted by molar-refractivity contribution is -0.145. The molecule has 1 aromatic heterocycles. The predicted octanol–water partition coefficient (Wildman–Crippen LogP) is 1.62. The molecule has 2 aromatic carbocycles. The summed E-state index contributed by atoms with van der Waals surface area (Å²) in [6, 6.07) is 15.1. The van der Waals surface area contributed by atoms with Crippen LogP contribution in [-0.2, 0) is 43.9 Å². The molecule has 1 saturated heterocycles. The average molecular weight is 497 g/mol. The summed E-state index contributed by atoms with van der Waals surface area (Å²) in [5.41, 5.74) is 0.883. The van der Waals surface area contributed by atoms with E-state index in [2.05, 4.69) is 4.98 Å². The Balaban J connectivity index is 1.37. The third-order valence-electron chi connectivity index (χ3n) is 5.68. The summed E-state index contributed by atoms with van der Waals surface area (Å²) in [6.45, 7) is 0.955. The fourth-order valence-corrected chi connectivity index (χ4v) is 5.19. The topological polar surface area (TPSA) is 132 Å². The molecule has 2 heterocycles. The minimum absolute atomic E-state index is 0.0611. The van der Waals surface area contributed by atoms with E-state index in [1.165, 1.54) is 21.0 Å². The zero-order valence-corrected chi connectivity index (χ0v) is 19.7. The lowest BCUT2D eigenvalue weighted by atomic mass is 10.1. The minimum atomic E-state index is -3.57. The van der Waals surface area contributed by atoms with Gasteiger partial charge in [-0.2, -0.15) is 9.57 Å². The molecular formula is C24H24N4O6S. The van der Waals surface area contributed by atoms with Crippen molar-refractivity contribution in [1.29, 1.82) is 5.26 Å². The van der Waals surface area contributed by atoms with E-state index in [1.54, 1.807) is 36.4 Å². The van der Waals surface area contributed by atoms with Gasteiger partial charge in [0, 0.05) is 19.5 Å². The van der Waals surface area contributed by atoms with Crippen LogP contribution in [0.25, 0.3) is 10.9 Å². The predicted molar refractivity (Wildman–Crippen MR) is 126 cm³/mol. The second kappa shape index (κ2) is 10.8. The molecule has 0 unspecified atom stereocenters. The van der Waals surface area contributed by atoms with Gasteiger partial charge in [0.1, 0.15) is 13.2 Å². The first-order valence-electron chi connectivity index (χ1n) is 11.1. The van der Waals surface area contributed by atoms with Gasteiger partial charge in [0.2, 0.25) is 10.0 Å². The number of fused-ring (bicyclic) bond motifs is 1. The van der Waals surface area contributed by atoms with E-state index >= 15 is 0 Å². The molecular weight excluding hydrogens is 472 g/mol.